The number of amides is 1. The molecule has 1 amide bonds. The van der Waals surface area contributed by atoms with Gasteiger partial charge >= 0.3 is 0 Å². The topological polar surface area (TPSA) is 64.0 Å². The summed E-state index contributed by atoms with van der Waals surface area (Å²) in [5, 5.41) is 9.16. The van der Waals surface area contributed by atoms with Crippen molar-refractivity contribution in [2.75, 3.05) is 6.54 Å². The largest absolute Gasteiger partial charge is 0.354 e. The second kappa shape index (κ2) is 7.84. The van der Waals surface area contributed by atoms with Gasteiger partial charge in [-0.15, -0.1) is 11.3 Å². The Hall–Kier alpha value is -2.80. The Morgan fingerprint density at radius 2 is 1.93 bits per heavy atom. The number of rotatable bonds is 6. The predicted octanol–water partition coefficient (Wildman–Crippen LogP) is 3.20. The first-order valence-corrected chi connectivity index (χ1v) is 9.43. The Balaban J connectivity index is 1.73. The van der Waals surface area contributed by atoms with Gasteiger partial charge in [0.1, 0.15) is 17.1 Å². The molecule has 7 heteroatoms. The van der Waals surface area contributed by atoms with Crippen molar-refractivity contribution in [3.8, 4) is 10.6 Å². The molecule has 5 nitrogen and oxygen atoms in total. The summed E-state index contributed by atoms with van der Waals surface area (Å²) in [6.07, 6.45) is 0.569. The van der Waals surface area contributed by atoms with Crippen molar-refractivity contribution in [2.24, 2.45) is 0 Å². The van der Waals surface area contributed by atoms with E-state index in [1.54, 1.807) is 32.0 Å². The fraction of sp³-hybridized carbons (Fsp3) is 0.250. The van der Waals surface area contributed by atoms with Crippen LogP contribution in [0.2, 0.25) is 0 Å². The summed E-state index contributed by atoms with van der Waals surface area (Å²) in [6, 6.07) is 13.1. The van der Waals surface area contributed by atoms with Crippen molar-refractivity contribution in [1.82, 2.24) is 15.1 Å². The number of halogens is 1. The molecule has 1 N–H and O–H groups in total. The quantitative estimate of drug-likeness (QED) is 0.709. The molecule has 0 radical (unpaired) electrons. The van der Waals surface area contributed by atoms with E-state index in [9.17, 15) is 14.0 Å². The Bertz CT molecular complexity index is 979. The normalized spacial score (nSPS) is 11.4. The standard InChI is InChI=1S/C20H20FN3O2S/c1-20(2,19(26)22-12-11-14-5-7-15(21)8-6-14)24-18(25)10-9-16(23-24)17-4-3-13-27-17/h3-10,13H,11-12H2,1-2H3,(H,22,26). The Morgan fingerprint density at radius 3 is 2.59 bits per heavy atom. The van der Waals surface area contributed by atoms with Gasteiger partial charge in [0, 0.05) is 12.6 Å². The van der Waals surface area contributed by atoms with Crippen LogP contribution in [-0.2, 0) is 16.8 Å². The highest BCUT2D eigenvalue weighted by Crippen LogP contribution is 2.22. The summed E-state index contributed by atoms with van der Waals surface area (Å²) in [5.74, 6) is -0.595. The van der Waals surface area contributed by atoms with Crippen molar-refractivity contribution in [2.45, 2.75) is 25.8 Å². The Morgan fingerprint density at radius 1 is 1.19 bits per heavy atom. The summed E-state index contributed by atoms with van der Waals surface area (Å²) < 4.78 is 14.2. The molecule has 2 aromatic heterocycles. The minimum Gasteiger partial charge on any atom is -0.354 e. The lowest BCUT2D eigenvalue weighted by Gasteiger charge is -2.25. The van der Waals surface area contributed by atoms with Crippen LogP contribution in [0.1, 0.15) is 19.4 Å². The van der Waals surface area contributed by atoms with Gasteiger partial charge in [0.25, 0.3) is 5.56 Å². The SMILES string of the molecule is CC(C)(C(=O)NCCc1ccc(F)cc1)n1nc(-c2cccs2)ccc1=O. The Labute approximate surface area is 160 Å². The highest BCUT2D eigenvalue weighted by atomic mass is 32.1. The van der Waals surface area contributed by atoms with Crippen LogP contribution in [0.15, 0.2) is 58.7 Å². The van der Waals surface area contributed by atoms with Gasteiger partial charge in [-0.1, -0.05) is 18.2 Å². The summed E-state index contributed by atoms with van der Waals surface area (Å²) in [5.41, 5.74) is 0.0860. The molecule has 1 aromatic carbocycles. The second-order valence-electron chi connectivity index (χ2n) is 6.64. The maximum absolute atomic E-state index is 12.9. The number of aromatic nitrogens is 2. The molecule has 0 aliphatic heterocycles. The molecule has 3 aromatic rings. The van der Waals surface area contributed by atoms with Crippen LogP contribution in [0.25, 0.3) is 10.6 Å². The first-order valence-electron chi connectivity index (χ1n) is 8.55. The van der Waals surface area contributed by atoms with E-state index in [4.69, 9.17) is 0 Å². The van der Waals surface area contributed by atoms with E-state index in [0.29, 0.717) is 18.7 Å². The first kappa shape index (κ1) is 19.0. The molecule has 0 bridgehead atoms. The molecule has 140 valence electrons. The molecule has 3 rings (SSSR count). The molecule has 0 unspecified atom stereocenters. The molecule has 27 heavy (non-hydrogen) atoms. The number of hydrogen-bond acceptors (Lipinski definition) is 4. The number of carbonyl (C=O) groups excluding carboxylic acids is 1. The molecule has 0 saturated heterocycles. The first-order chi connectivity index (χ1) is 12.9. The summed E-state index contributed by atoms with van der Waals surface area (Å²) in [7, 11) is 0. The predicted molar refractivity (Wildman–Crippen MR) is 104 cm³/mol. The van der Waals surface area contributed by atoms with E-state index in [1.165, 1.54) is 34.2 Å². The lowest BCUT2D eigenvalue weighted by molar-refractivity contribution is -0.128. The van der Waals surface area contributed by atoms with Crippen LogP contribution in [0.3, 0.4) is 0 Å². The maximum atomic E-state index is 12.9. The van der Waals surface area contributed by atoms with E-state index < -0.39 is 5.54 Å². The average molecular weight is 385 g/mol. The zero-order valence-corrected chi connectivity index (χ0v) is 15.9. The van der Waals surface area contributed by atoms with E-state index in [1.807, 2.05) is 17.5 Å². The molecular weight excluding hydrogens is 365 g/mol. The van der Waals surface area contributed by atoms with Gasteiger partial charge in [-0.05, 0) is 55.5 Å². The molecule has 0 aliphatic rings. The van der Waals surface area contributed by atoms with Crippen molar-refractivity contribution in [3.05, 3.63) is 75.6 Å². The van der Waals surface area contributed by atoms with Crippen molar-refractivity contribution in [3.63, 3.8) is 0 Å². The minimum atomic E-state index is -1.15. The molecule has 0 spiro atoms. The summed E-state index contributed by atoms with van der Waals surface area (Å²) >= 11 is 1.52. The van der Waals surface area contributed by atoms with Gasteiger partial charge in [0.05, 0.1) is 4.88 Å². The van der Waals surface area contributed by atoms with Crippen LogP contribution in [0.5, 0.6) is 0 Å². The molecule has 0 saturated carbocycles. The van der Waals surface area contributed by atoms with Crippen LogP contribution in [0, 0.1) is 5.82 Å². The molecular formula is C20H20FN3O2S. The monoisotopic (exact) mass is 385 g/mol. The third kappa shape index (κ3) is 4.31. The van der Waals surface area contributed by atoms with Gasteiger partial charge in [-0.3, -0.25) is 9.59 Å². The van der Waals surface area contributed by atoms with Crippen molar-refractivity contribution in [1.29, 1.82) is 0 Å². The highest BCUT2D eigenvalue weighted by molar-refractivity contribution is 7.13. The number of carbonyl (C=O) groups is 1. The van der Waals surface area contributed by atoms with E-state index in [-0.39, 0.29) is 17.3 Å². The van der Waals surface area contributed by atoms with Crippen LogP contribution >= 0.6 is 11.3 Å². The number of hydrogen-bond donors (Lipinski definition) is 1. The molecule has 2 heterocycles. The minimum absolute atomic E-state index is 0.292. The second-order valence-corrected chi connectivity index (χ2v) is 7.58. The van der Waals surface area contributed by atoms with Gasteiger partial charge in [0.15, 0.2) is 0 Å². The third-order valence-corrected chi connectivity index (χ3v) is 5.16. The molecule has 0 fully saturated rings. The number of benzene rings is 1. The zero-order valence-electron chi connectivity index (χ0n) is 15.1. The molecule has 0 aliphatic carbocycles. The smallest absolute Gasteiger partial charge is 0.267 e. The van der Waals surface area contributed by atoms with E-state index in [2.05, 4.69) is 10.4 Å². The fourth-order valence-corrected chi connectivity index (χ4v) is 3.34. The summed E-state index contributed by atoms with van der Waals surface area (Å²) in [4.78, 5) is 25.9. The number of nitrogens with one attached hydrogen (secondary N) is 1. The highest BCUT2D eigenvalue weighted by Gasteiger charge is 2.32. The van der Waals surface area contributed by atoms with Crippen molar-refractivity contribution >= 4 is 17.2 Å². The average Bonchev–Trinajstić information content (AvgIpc) is 3.18. The van der Waals surface area contributed by atoms with E-state index in [0.717, 1.165) is 10.4 Å². The maximum Gasteiger partial charge on any atom is 0.267 e. The van der Waals surface area contributed by atoms with E-state index >= 15 is 0 Å². The molecule has 0 atom stereocenters. The van der Waals surface area contributed by atoms with Crippen LogP contribution in [-0.4, -0.2) is 22.2 Å². The van der Waals surface area contributed by atoms with Crippen LogP contribution < -0.4 is 10.9 Å². The summed E-state index contributed by atoms with van der Waals surface area (Å²) in [6.45, 7) is 3.70. The Kier molecular flexibility index (Phi) is 5.51. The zero-order chi connectivity index (χ0) is 19.4. The van der Waals surface area contributed by atoms with Gasteiger partial charge in [-0.25, -0.2) is 9.07 Å². The van der Waals surface area contributed by atoms with Crippen molar-refractivity contribution < 1.29 is 9.18 Å². The number of nitrogens with zero attached hydrogens (tertiary/aromatic N) is 2. The van der Waals surface area contributed by atoms with Gasteiger partial charge in [-0.2, -0.15) is 5.10 Å². The number of thiophene rings is 1. The van der Waals surface area contributed by atoms with Gasteiger partial charge < -0.3 is 5.32 Å². The fourth-order valence-electron chi connectivity index (χ4n) is 2.65. The lowest BCUT2D eigenvalue weighted by Crippen LogP contribution is -2.50. The van der Waals surface area contributed by atoms with Crippen LogP contribution in [0.4, 0.5) is 4.39 Å². The lowest BCUT2D eigenvalue weighted by atomic mass is 10.0. The third-order valence-electron chi connectivity index (χ3n) is 4.27. The van der Waals surface area contributed by atoms with Gasteiger partial charge in [0.2, 0.25) is 5.91 Å².